The molecule has 2 aliphatic rings. The number of hydrogen-bond donors (Lipinski definition) is 2. The molecule has 2 fully saturated rings. The number of carbonyl (C=O) groups is 2. The van der Waals surface area contributed by atoms with Crippen LogP contribution in [0.25, 0.3) is 10.9 Å². The van der Waals surface area contributed by atoms with Crippen molar-refractivity contribution in [1.29, 1.82) is 5.26 Å². The van der Waals surface area contributed by atoms with Crippen molar-refractivity contribution in [1.82, 2.24) is 20.4 Å². The maximum Gasteiger partial charge on any atom is 0.251 e. The van der Waals surface area contributed by atoms with E-state index in [1.165, 1.54) is 0 Å². The van der Waals surface area contributed by atoms with Gasteiger partial charge in [0.2, 0.25) is 11.8 Å². The number of carbonyl (C=O) groups excluding carboxylic acids is 2. The highest BCUT2D eigenvalue weighted by Crippen LogP contribution is 2.64. The minimum atomic E-state index is -0.907. The van der Waals surface area contributed by atoms with Crippen molar-refractivity contribution in [2.45, 2.75) is 52.6 Å². The van der Waals surface area contributed by atoms with Gasteiger partial charge < -0.3 is 19.7 Å². The van der Waals surface area contributed by atoms with Crippen molar-refractivity contribution >= 4 is 22.7 Å². The van der Waals surface area contributed by atoms with Crippen LogP contribution in [0.4, 0.5) is 0 Å². The summed E-state index contributed by atoms with van der Waals surface area (Å²) in [4.78, 5) is 43.7. The van der Waals surface area contributed by atoms with Gasteiger partial charge in [-0.05, 0) is 54.7 Å². The molecule has 9 heteroatoms. The number of benzene rings is 1. The topological polar surface area (TPSA) is 132 Å². The van der Waals surface area contributed by atoms with E-state index in [0.29, 0.717) is 23.6 Å². The molecule has 2 amide bonds. The van der Waals surface area contributed by atoms with Gasteiger partial charge in [-0.25, -0.2) is 0 Å². The predicted octanol–water partition coefficient (Wildman–Crippen LogP) is 2.41. The lowest BCUT2D eigenvalue weighted by atomic mass is 9.99. The Balaban J connectivity index is 1.34. The number of likely N-dealkylation sites (tertiary alicyclic amines) is 1. The molecule has 1 aromatic carbocycles. The Bertz CT molecular complexity index is 1460. The molecule has 2 aromatic heterocycles. The van der Waals surface area contributed by atoms with Crippen LogP contribution >= 0.6 is 0 Å². The average molecular weight is 488 g/mol. The van der Waals surface area contributed by atoms with Gasteiger partial charge in [0, 0.05) is 30.1 Å². The Morgan fingerprint density at radius 1 is 1.31 bits per heavy atom. The second kappa shape index (κ2) is 8.63. The molecule has 1 saturated carbocycles. The van der Waals surface area contributed by atoms with E-state index in [4.69, 9.17) is 4.52 Å². The first-order valence-electron chi connectivity index (χ1n) is 12.1. The van der Waals surface area contributed by atoms with E-state index >= 15 is 0 Å². The summed E-state index contributed by atoms with van der Waals surface area (Å²) < 4.78 is 5.19. The second-order valence-corrected chi connectivity index (χ2v) is 10.7. The SMILES string of the molecule is Cc1ccc2[nH]c(=O)c(C[C@@H](C#N)NC(=O)[C@@H]3[C@@H]4[C@H](CN3C(=O)Cc3cc(C)no3)C4(C)C)cc2c1. The van der Waals surface area contributed by atoms with Crippen molar-refractivity contribution in [3.8, 4) is 6.07 Å². The summed E-state index contributed by atoms with van der Waals surface area (Å²) in [7, 11) is 0. The summed E-state index contributed by atoms with van der Waals surface area (Å²) in [6, 6.07) is 9.74. The first-order valence-corrected chi connectivity index (χ1v) is 12.1. The zero-order chi connectivity index (χ0) is 25.8. The first kappa shape index (κ1) is 23.8. The molecule has 0 spiro atoms. The van der Waals surface area contributed by atoms with E-state index in [1.807, 2.05) is 25.1 Å². The summed E-state index contributed by atoms with van der Waals surface area (Å²) in [5.41, 5.74) is 2.54. The van der Waals surface area contributed by atoms with Crippen molar-refractivity contribution in [2.75, 3.05) is 6.54 Å². The summed E-state index contributed by atoms with van der Waals surface area (Å²) in [5.74, 6) is 0.126. The van der Waals surface area contributed by atoms with Crippen LogP contribution in [0.5, 0.6) is 0 Å². The number of hydrogen-bond acceptors (Lipinski definition) is 6. The number of piperidine rings is 1. The van der Waals surface area contributed by atoms with Gasteiger partial charge in [0.25, 0.3) is 5.56 Å². The van der Waals surface area contributed by atoms with Crippen molar-refractivity contribution in [3.63, 3.8) is 0 Å². The Morgan fingerprint density at radius 2 is 2.08 bits per heavy atom. The Morgan fingerprint density at radius 3 is 2.78 bits per heavy atom. The van der Waals surface area contributed by atoms with Crippen LogP contribution in [-0.4, -0.2) is 45.5 Å². The number of aromatic amines is 1. The zero-order valence-electron chi connectivity index (χ0n) is 20.8. The third kappa shape index (κ3) is 4.17. The highest BCUT2D eigenvalue weighted by molar-refractivity contribution is 5.90. The molecule has 4 atom stereocenters. The normalized spacial score (nSPS) is 22.6. The van der Waals surface area contributed by atoms with E-state index in [2.05, 4.69) is 35.4 Å². The molecule has 1 aliphatic carbocycles. The summed E-state index contributed by atoms with van der Waals surface area (Å²) >= 11 is 0. The number of aromatic nitrogens is 2. The highest BCUT2D eigenvalue weighted by atomic mass is 16.5. The van der Waals surface area contributed by atoms with E-state index < -0.39 is 12.1 Å². The molecule has 9 nitrogen and oxygen atoms in total. The number of amides is 2. The summed E-state index contributed by atoms with van der Waals surface area (Å²) in [5, 5.41) is 17.3. The van der Waals surface area contributed by atoms with Crippen molar-refractivity contribution in [3.05, 3.63) is 63.3 Å². The van der Waals surface area contributed by atoms with Gasteiger partial charge in [0.15, 0.2) is 0 Å². The Hall–Kier alpha value is -3.93. The Kier molecular flexibility index (Phi) is 5.70. The molecular formula is C27H29N5O4. The molecule has 0 bridgehead atoms. The molecule has 0 radical (unpaired) electrons. The quantitative estimate of drug-likeness (QED) is 0.549. The van der Waals surface area contributed by atoms with Gasteiger partial charge >= 0.3 is 0 Å². The number of rotatable bonds is 6. The van der Waals surface area contributed by atoms with Gasteiger partial charge in [-0.1, -0.05) is 30.6 Å². The smallest absolute Gasteiger partial charge is 0.251 e. The lowest BCUT2D eigenvalue weighted by molar-refractivity contribution is -0.140. The number of aryl methyl sites for hydroxylation is 2. The fraction of sp³-hybridized carbons (Fsp3) is 0.444. The first-order chi connectivity index (χ1) is 17.1. The number of nitriles is 1. The monoisotopic (exact) mass is 487 g/mol. The molecule has 36 heavy (non-hydrogen) atoms. The van der Waals surface area contributed by atoms with Crippen molar-refractivity contribution < 1.29 is 14.1 Å². The second-order valence-electron chi connectivity index (χ2n) is 10.7. The maximum absolute atomic E-state index is 13.5. The van der Waals surface area contributed by atoms with Crippen LogP contribution in [0.2, 0.25) is 0 Å². The van der Waals surface area contributed by atoms with Gasteiger partial charge in [-0.2, -0.15) is 5.26 Å². The van der Waals surface area contributed by atoms with Crippen LogP contribution < -0.4 is 10.9 Å². The average Bonchev–Trinajstić information content (AvgIpc) is 3.19. The maximum atomic E-state index is 13.5. The van der Waals surface area contributed by atoms with Crippen LogP contribution in [-0.2, 0) is 22.4 Å². The van der Waals surface area contributed by atoms with E-state index in [1.54, 1.807) is 24.0 Å². The van der Waals surface area contributed by atoms with Crippen LogP contribution in [0.15, 0.2) is 39.6 Å². The van der Waals surface area contributed by atoms with Gasteiger partial charge in [0.05, 0.1) is 18.2 Å². The molecule has 1 saturated heterocycles. The van der Waals surface area contributed by atoms with Gasteiger partial charge in [-0.15, -0.1) is 0 Å². The molecule has 3 aromatic rings. The molecule has 3 heterocycles. The number of fused-ring (bicyclic) bond motifs is 2. The number of nitrogens with zero attached hydrogens (tertiary/aromatic N) is 3. The number of pyridine rings is 1. The summed E-state index contributed by atoms with van der Waals surface area (Å²) in [6.45, 7) is 8.44. The minimum absolute atomic E-state index is 0.0179. The third-order valence-corrected chi connectivity index (χ3v) is 7.77. The van der Waals surface area contributed by atoms with Crippen LogP contribution in [0.1, 0.15) is 36.4 Å². The Labute approximate surface area is 208 Å². The van der Waals surface area contributed by atoms with Crippen LogP contribution in [0.3, 0.4) is 0 Å². The molecular weight excluding hydrogens is 458 g/mol. The highest BCUT2D eigenvalue weighted by Gasteiger charge is 2.69. The fourth-order valence-electron chi connectivity index (χ4n) is 5.72. The standard InChI is InChI=1S/C27H29N5O4/c1-14-5-6-21-16(7-14)9-17(25(34)30-21)10-18(12-28)29-26(35)24-23-20(27(23,3)4)13-32(24)22(33)11-19-8-15(2)31-36-19/h5-9,18,20,23-24H,10-11,13H2,1-4H3,(H,29,35)(H,30,34)/t18-,20-,23-,24-/m0/s1. The third-order valence-electron chi connectivity index (χ3n) is 7.77. The number of nitrogens with one attached hydrogen (secondary N) is 2. The zero-order valence-corrected chi connectivity index (χ0v) is 20.8. The van der Waals surface area contributed by atoms with E-state index in [0.717, 1.165) is 16.5 Å². The summed E-state index contributed by atoms with van der Waals surface area (Å²) in [6.07, 6.45) is 0.0923. The largest absolute Gasteiger partial charge is 0.361 e. The molecule has 186 valence electrons. The number of H-pyrrole nitrogens is 1. The minimum Gasteiger partial charge on any atom is -0.361 e. The lowest BCUT2D eigenvalue weighted by Crippen LogP contribution is -2.52. The van der Waals surface area contributed by atoms with Crippen molar-refractivity contribution in [2.24, 2.45) is 17.3 Å². The molecule has 2 N–H and O–H groups in total. The van der Waals surface area contributed by atoms with Gasteiger partial charge in [0.1, 0.15) is 17.8 Å². The molecule has 5 rings (SSSR count). The fourth-order valence-corrected chi connectivity index (χ4v) is 5.72. The van der Waals surface area contributed by atoms with Crippen LogP contribution in [0, 0.1) is 42.4 Å². The molecule has 0 unspecified atom stereocenters. The van der Waals surface area contributed by atoms with E-state index in [9.17, 15) is 19.6 Å². The van der Waals surface area contributed by atoms with E-state index in [-0.39, 0.29) is 47.5 Å². The molecule has 1 aliphatic heterocycles. The van der Waals surface area contributed by atoms with Gasteiger partial charge in [-0.3, -0.25) is 14.4 Å². The lowest BCUT2D eigenvalue weighted by Gasteiger charge is -2.30. The predicted molar refractivity (Wildman–Crippen MR) is 132 cm³/mol.